The van der Waals surface area contributed by atoms with Gasteiger partial charge in [-0.05, 0) is 46.3 Å². The van der Waals surface area contributed by atoms with Crippen molar-refractivity contribution in [2.24, 2.45) is 11.8 Å². The lowest BCUT2D eigenvalue weighted by molar-refractivity contribution is -0.142. The van der Waals surface area contributed by atoms with E-state index in [9.17, 15) is 15.0 Å². The average Bonchev–Trinajstić information content (AvgIpc) is 2.52. The van der Waals surface area contributed by atoms with Crippen LogP contribution in [0, 0.1) is 11.8 Å². The monoisotopic (exact) mass is 390 g/mol. The zero-order valence-corrected chi connectivity index (χ0v) is 19.4. The maximum Gasteiger partial charge on any atom is 0.306 e. The summed E-state index contributed by atoms with van der Waals surface area (Å²) in [4.78, 5) is 11.9. The fourth-order valence-electron chi connectivity index (χ4n) is 3.55. The number of carboxylic acids is 1. The first-order chi connectivity index (χ1) is 12.7. The molecule has 0 aliphatic rings. The summed E-state index contributed by atoms with van der Waals surface area (Å²) in [6, 6.07) is 4.10. The van der Waals surface area contributed by atoms with Gasteiger partial charge in [-0.3, -0.25) is 4.79 Å². The predicted octanol–water partition coefficient (Wildman–Crippen LogP) is 6.84. The maximum absolute atomic E-state index is 11.9. The Labute approximate surface area is 172 Å². The summed E-state index contributed by atoms with van der Waals surface area (Å²) in [5.41, 5.74) is 2.56. The molecule has 0 bridgehead atoms. The standard InChI is InChI=1S/C25H42O3/c1-17(2)12-10-9-11-13-18(23(27)28)14-19-15-20(24(3,4)5)16-21(22(19)26)25(6,7)8/h15-18,26H,9-14H2,1-8H3,(H,27,28). The van der Waals surface area contributed by atoms with E-state index in [1.807, 2.05) is 6.07 Å². The van der Waals surface area contributed by atoms with Gasteiger partial charge in [-0.25, -0.2) is 0 Å². The molecule has 1 aromatic carbocycles. The van der Waals surface area contributed by atoms with Crippen molar-refractivity contribution in [3.8, 4) is 5.75 Å². The maximum atomic E-state index is 11.9. The van der Waals surface area contributed by atoms with E-state index < -0.39 is 11.9 Å². The van der Waals surface area contributed by atoms with Gasteiger partial charge >= 0.3 is 5.97 Å². The molecule has 0 amide bonds. The lowest BCUT2D eigenvalue weighted by Gasteiger charge is -2.28. The first kappa shape index (κ1) is 24.5. The second-order valence-corrected chi connectivity index (χ2v) is 10.8. The van der Waals surface area contributed by atoms with E-state index in [-0.39, 0.29) is 16.6 Å². The van der Waals surface area contributed by atoms with E-state index in [0.717, 1.165) is 36.0 Å². The van der Waals surface area contributed by atoms with Crippen molar-refractivity contribution in [3.05, 3.63) is 28.8 Å². The molecule has 0 aliphatic heterocycles. The van der Waals surface area contributed by atoms with E-state index in [2.05, 4.69) is 61.5 Å². The van der Waals surface area contributed by atoms with Gasteiger partial charge in [0.2, 0.25) is 0 Å². The summed E-state index contributed by atoms with van der Waals surface area (Å²) >= 11 is 0. The SMILES string of the molecule is CC(C)CCCCCC(Cc1cc(C(C)(C)C)cc(C(C)(C)C)c1O)C(=O)O. The van der Waals surface area contributed by atoms with E-state index in [4.69, 9.17) is 0 Å². The number of hydrogen-bond acceptors (Lipinski definition) is 2. The third-order valence-corrected chi connectivity index (χ3v) is 5.51. The van der Waals surface area contributed by atoms with E-state index in [0.29, 0.717) is 18.8 Å². The van der Waals surface area contributed by atoms with E-state index >= 15 is 0 Å². The summed E-state index contributed by atoms with van der Waals surface area (Å²) in [5, 5.41) is 20.7. The topological polar surface area (TPSA) is 57.5 Å². The van der Waals surface area contributed by atoms with E-state index in [1.165, 1.54) is 6.42 Å². The largest absolute Gasteiger partial charge is 0.507 e. The van der Waals surface area contributed by atoms with Gasteiger partial charge in [-0.2, -0.15) is 0 Å². The lowest BCUT2D eigenvalue weighted by atomic mass is 9.77. The molecule has 0 fully saturated rings. The van der Waals surface area contributed by atoms with Crippen molar-refractivity contribution in [1.82, 2.24) is 0 Å². The summed E-state index contributed by atoms with van der Waals surface area (Å²) < 4.78 is 0. The van der Waals surface area contributed by atoms with Crippen molar-refractivity contribution in [1.29, 1.82) is 0 Å². The minimum absolute atomic E-state index is 0.0575. The van der Waals surface area contributed by atoms with Crippen molar-refractivity contribution in [2.45, 2.75) is 105 Å². The molecular formula is C25H42O3. The number of aromatic hydroxyl groups is 1. The lowest BCUT2D eigenvalue weighted by Crippen LogP contribution is -2.20. The highest BCUT2D eigenvalue weighted by molar-refractivity contribution is 5.70. The van der Waals surface area contributed by atoms with Gasteiger partial charge in [0.05, 0.1) is 5.92 Å². The molecule has 0 aromatic heterocycles. The Balaban J connectivity index is 3.06. The van der Waals surface area contributed by atoms with Crippen molar-refractivity contribution < 1.29 is 15.0 Å². The summed E-state index contributed by atoms with van der Waals surface area (Å²) in [5.74, 6) is -0.246. The van der Waals surface area contributed by atoms with Gasteiger partial charge in [0.25, 0.3) is 0 Å². The average molecular weight is 391 g/mol. The number of carboxylic acid groups (broad SMARTS) is 1. The zero-order chi connectivity index (χ0) is 21.7. The number of carbonyl (C=O) groups is 1. The minimum Gasteiger partial charge on any atom is -0.507 e. The quantitative estimate of drug-likeness (QED) is 0.454. The summed E-state index contributed by atoms with van der Waals surface area (Å²) in [6.45, 7) is 17.2. The van der Waals surface area contributed by atoms with Gasteiger partial charge < -0.3 is 10.2 Å². The van der Waals surface area contributed by atoms with Gasteiger partial charge in [0.1, 0.15) is 5.75 Å². The van der Waals surface area contributed by atoms with Crippen LogP contribution in [0.3, 0.4) is 0 Å². The fraction of sp³-hybridized carbons (Fsp3) is 0.720. The zero-order valence-electron chi connectivity index (χ0n) is 19.4. The number of phenols is 1. The molecule has 1 atom stereocenters. The number of hydrogen-bond donors (Lipinski definition) is 2. The van der Waals surface area contributed by atoms with Crippen molar-refractivity contribution in [3.63, 3.8) is 0 Å². The molecule has 3 nitrogen and oxygen atoms in total. The highest BCUT2D eigenvalue weighted by Gasteiger charge is 2.27. The Morgan fingerprint density at radius 1 is 0.929 bits per heavy atom. The molecule has 0 aliphatic carbocycles. The van der Waals surface area contributed by atoms with Crippen LogP contribution in [0.25, 0.3) is 0 Å². The Bertz CT molecular complexity index is 645. The molecular weight excluding hydrogens is 348 g/mol. The first-order valence-corrected chi connectivity index (χ1v) is 10.8. The van der Waals surface area contributed by atoms with Gasteiger partial charge in [-0.15, -0.1) is 0 Å². The van der Waals surface area contributed by atoms with Crippen LogP contribution in [0.4, 0.5) is 0 Å². The molecule has 0 spiro atoms. The molecule has 1 aromatic rings. The van der Waals surface area contributed by atoms with Crippen LogP contribution in [-0.4, -0.2) is 16.2 Å². The van der Waals surface area contributed by atoms with Crippen molar-refractivity contribution >= 4 is 5.97 Å². The van der Waals surface area contributed by atoms with Crippen LogP contribution in [0.15, 0.2) is 12.1 Å². The fourth-order valence-corrected chi connectivity index (χ4v) is 3.55. The molecule has 3 heteroatoms. The first-order valence-electron chi connectivity index (χ1n) is 10.8. The van der Waals surface area contributed by atoms with Crippen molar-refractivity contribution in [2.75, 3.05) is 0 Å². The molecule has 2 N–H and O–H groups in total. The Morgan fingerprint density at radius 3 is 1.96 bits per heavy atom. The predicted molar refractivity (Wildman–Crippen MR) is 118 cm³/mol. The number of unbranched alkanes of at least 4 members (excludes halogenated alkanes) is 2. The normalized spacial score (nSPS) is 13.8. The highest BCUT2D eigenvalue weighted by Crippen LogP contribution is 2.38. The second-order valence-electron chi connectivity index (χ2n) is 10.8. The third kappa shape index (κ3) is 7.48. The van der Waals surface area contributed by atoms with Crippen LogP contribution >= 0.6 is 0 Å². The number of phenolic OH excluding ortho intramolecular Hbond substituents is 1. The van der Waals surface area contributed by atoms with Gasteiger partial charge in [-0.1, -0.05) is 93.2 Å². The molecule has 0 saturated carbocycles. The molecule has 160 valence electrons. The molecule has 1 unspecified atom stereocenters. The smallest absolute Gasteiger partial charge is 0.306 e. The van der Waals surface area contributed by atoms with Crippen LogP contribution in [0.2, 0.25) is 0 Å². The van der Waals surface area contributed by atoms with Crippen LogP contribution < -0.4 is 0 Å². The number of benzene rings is 1. The Morgan fingerprint density at radius 2 is 1.50 bits per heavy atom. The second kappa shape index (κ2) is 9.80. The Kier molecular flexibility index (Phi) is 8.59. The summed E-state index contributed by atoms with van der Waals surface area (Å²) in [6.07, 6.45) is 5.40. The third-order valence-electron chi connectivity index (χ3n) is 5.51. The van der Waals surface area contributed by atoms with Gasteiger partial charge in [0.15, 0.2) is 0 Å². The molecule has 1 rings (SSSR count). The molecule has 0 radical (unpaired) electrons. The highest BCUT2D eigenvalue weighted by atomic mass is 16.4. The van der Waals surface area contributed by atoms with Crippen LogP contribution in [0.1, 0.15) is 104 Å². The molecule has 28 heavy (non-hydrogen) atoms. The number of aliphatic carboxylic acids is 1. The molecule has 0 heterocycles. The van der Waals surface area contributed by atoms with Crippen LogP contribution in [0.5, 0.6) is 5.75 Å². The minimum atomic E-state index is -0.762. The van der Waals surface area contributed by atoms with E-state index in [1.54, 1.807) is 0 Å². The molecule has 0 saturated heterocycles. The Hall–Kier alpha value is -1.51. The summed E-state index contributed by atoms with van der Waals surface area (Å²) in [7, 11) is 0. The van der Waals surface area contributed by atoms with Crippen LogP contribution in [-0.2, 0) is 22.0 Å². The van der Waals surface area contributed by atoms with Gasteiger partial charge in [0, 0.05) is 0 Å². The number of rotatable bonds is 9.